The van der Waals surface area contributed by atoms with Gasteiger partial charge in [-0.05, 0) is 60.7 Å². The zero-order valence-corrected chi connectivity index (χ0v) is 12.5. The Kier molecular flexibility index (Phi) is 3.84. The van der Waals surface area contributed by atoms with Crippen LogP contribution in [0.4, 0.5) is 0 Å². The molecule has 0 aromatic heterocycles. The molecule has 0 amide bonds. The maximum atomic E-state index is 9.56. The van der Waals surface area contributed by atoms with Crippen molar-refractivity contribution < 1.29 is 9.84 Å². The maximum absolute atomic E-state index is 9.56. The van der Waals surface area contributed by atoms with Crippen molar-refractivity contribution in [3.63, 3.8) is 0 Å². The van der Waals surface area contributed by atoms with Crippen molar-refractivity contribution in [3.8, 4) is 11.5 Å². The first-order valence-electron chi connectivity index (χ1n) is 7.39. The lowest BCUT2D eigenvalue weighted by Gasteiger charge is -2.21. The first-order chi connectivity index (χ1) is 10.2. The Morgan fingerprint density at radius 2 is 1.95 bits per heavy atom. The van der Waals surface area contributed by atoms with Gasteiger partial charge in [0.1, 0.15) is 11.5 Å². The van der Waals surface area contributed by atoms with Crippen LogP contribution < -0.4 is 10.1 Å². The fourth-order valence-electron chi connectivity index (χ4n) is 3.07. The van der Waals surface area contributed by atoms with Gasteiger partial charge in [0.2, 0.25) is 0 Å². The highest BCUT2D eigenvalue weighted by molar-refractivity contribution is 5.40. The van der Waals surface area contributed by atoms with E-state index in [9.17, 15) is 5.11 Å². The van der Waals surface area contributed by atoms with Gasteiger partial charge in [-0.3, -0.25) is 0 Å². The molecule has 2 aromatic rings. The van der Waals surface area contributed by atoms with Gasteiger partial charge >= 0.3 is 0 Å². The average Bonchev–Trinajstić information content (AvgIpc) is 2.89. The monoisotopic (exact) mass is 283 g/mol. The van der Waals surface area contributed by atoms with Crippen molar-refractivity contribution in [2.75, 3.05) is 7.11 Å². The highest BCUT2D eigenvalue weighted by Gasteiger charge is 2.24. The van der Waals surface area contributed by atoms with E-state index in [1.54, 1.807) is 13.2 Å². The number of phenols is 1. The summed E-state index contributed by atoms with van der Waals surface area (Å²) in [5.74, 6) is 1.24. The second kappa shape index (κ2) is 5.78. The van der Waals surface area contributed by atoms with Crippen LogP contribution in [0.25, 0.3) is 0 Å². The minimum atomic E-state index is 0.278. The van der Waals surface area contributed by atoms with Crippen LogP contribution in [0.15, 0.2) is 42.5 Å². The van der Waals surface area contributed by atoms with E-state index in [4.69, 9.17) is 4.74 Å². The lowest BCUT2D eigenvalue weighted by atomic mass is 10.0. The van der Waals surface area contributed by atoms with Gasteiger partial charge in [-0.2, -0.15) is 0 Å². The van der Waals surface area contributed by atoms with Gasteiger partial charge in [0.05, 0.1) is 7.11 Å². The summed E-state index contributed by atoms with van der Waals surface area (Å²) in [6.07, 6.45) is 2.11. The third-order valence-electron chi connectivity index (χ3n) is 4.27. The Hall–Kier alpha value is -2.00. The van der Waals surface area contributed by atoms with Gasteiger partial charge in [-0.1, -0.05) is 18.2 Å². The lowest BCUT2D eigenvalue weighted by molar-refractivity contribution is 0.414. The first kappa shape index (κ1) is 14.0. The second-order valence-corrected chi connectivity index (χ2v) is 5.64. The van der Waals surface area contributed by atoms with Gasteiger partial charge in [-0.15, -0.1) is 0 Å². The molecule has 0 heterocycles. The smallest absolute Gasteiger partial charge is 0.118 e. The number of aromatic hydroxyl groups is 1. The maximum Gasteiger partial charge on any atom is 0.118 e. The Morgan fingerprint density at radius 3 is 2.67 bits per heavy atom. The first-order valence-corrected chi connectivity index (χ1v) is 7.39. The van der Waals surface area contributed by atoms with E-state index in [0.29, 0.717) is 11.8 Å². The molecule has 3 rings (SSSR count). The number of ether oxygens (including phenoxy) is 1. The molecule has 0 radical (unpaired) electrons. The van der Waals surface area contributed by atoms with E-state index in [-0.39, 0.29) is 6.04 Å². The van der Waals surface area contributed by atoms with Crippen molar-refractivity contribution in [3.05, 3.63) is 59.2 Å². The number of rotatable bonds is 4. The Morgan fingerprint density at radius 1 is 1.19 bits per heavy atom. The van der Waals surface area contributed by atoms with E-state index in [1.165, 1.54) is 16.7 Å². The molecule has 2 atom stereocenters. The molecule has 0 saturated carbocycles. The summed E-state index contributed by atoms with van der Waals surface area (Å²) in [6.45, 7) is 2.18. The topological polar surface area (TPSA) is 41.5 Å². The van der Waals surface area contributed by atoms with Crippen LogP contribution in [0.2, 0.25) is 0 Å². The van der Waals surface area contributed by atoms with E-state index in [1.807, 2.05) is 24.3 Å². The number of hydrogen-bond donors (Lipinski definition) is 2. The summed E-state index contributed by atoms with van der Waals surface area (Å²) < 4.78 is 5.20. The number of fused-ring (bicyclic) bond motifs is 1. The van der Waals surface area contributed by atoms with Crippen molar-refractivity contribution in [1.29, 1.82) is 0 Å². The highest BCUT2D eigenvalue weighted by atomic mass is 16.5. The largest absolute Gasteiger partial charge is 0.508 e. The molecule has 21 heavy (non-hydrogen) atoms. The number of phenolic OH excluding ortho intramolecular Hbond substituents is 1. The quantitative estimate of drug-likeness (QED) is 0.898. The molecule has 0 fully saturated rings. The number of nitrogens with one attached hydrogen (secondary N) is 1. The predicted molar refractivity (Wildman–Crippen MR) is 83.7 cm³/mol. The number of aryl methyl sites for hydroxylation is 1. The minimum absolute atomic E-state index is 0.278. The van der Waals surface area contributed by atoms with Crippen molar-refractivity contribution in [2.24, 2.45) is 0 Å². The summed E-state index contributed by atoms with van der Waals surface area (Å²) >= 11 is 0. The molecular weight excluding hydrogens is 262 g/mol. The van der Waals surface area contributed by atoms with Gasteiger partial charge in [-0.25, -0.2) is 0 Å². The standard InChI is InChI=1S/C18H21NO2/c1-12(13-3-7-16(21-2)8-4-13)19-18-10-5-14-11-15(20)6-9-17(14)18/h3-4,6-9,11-12,18-20H,5,10H2,1-2H3. The fraction of sp³-hybridized carbons (Fsp3) is 0.333. The molecule has 2 aromatic carbocycles. The van der Waals surface area contributed by atoms with E-state index < -0.39 is 0 Å². The van der Waals surface area contributed by atoms with Gasteiger partial charge in [0.15, 0.2) is 0 Å². The minimum Gasteiger partial charge on any atom is -0.508 e. The van der Waals surface area contributed by atoms with Gasteiger partial charge < -0.3 is 15.2 Å². The molecule has 3 heteroatoms. The molecule has 110 valence electrons. The lowest BCUT2D eigenvalue weighted by Crippen LogP contribution is -2.22. The number of hydrogen-bond acceptors (Lipinski definition) is 3. The van der Waals surface area contributed by atoms with E-state index >= 15 is 0 Å². The van der Waals surface area contributed by atoms with Crippen molar-refractivity contribution in [1.82, 2.24) is 5.32 Å². The average molecular weight is 283 g/mol. The van der Waals surface area contributed by atoms with Crippen LogP contribution in [0.3, 0.4) is 0 Å². The Bertz CT molecular complexity index is 622. The number of benzene rings is 2. The van der Waals surface area contributed by atoms with Crippen LogP contribution in [0, 0.1) is 0 Å². The Labute approximate surface area is 125 Å². The van der Waals surface area contributed by atoms with E-state index in [2.05, 4.69) is 24.4 Å². The molecule has 2 N–H and O–H groups in total. The summed E-state index contributed by atoms with van der Waals surface area (Å²) in [7, 11) is 1.68. The van der Waals surface area contributed by atoms with Crippen LogP contribution in [-0.2, 0) is 6.42 Å². The third-order valence-corrected chi connectivity index (χ3v) is 4.27. The molecule has 1 aliphatic carbocycles. The number of methoxy groups -OCH3 is 1. The normalized spacial score (nSPS) is 18.3. The van der Waals surface area contributed by atoms with Gasteiger partial charge in [0.25, 0.3) is 0 Å². The summed E-state index contributed by atoms with van der Waals surface area (Å²) in [4.78, 5) is 0. The molecule has 3 nitrogen and oxygen atoms in total. The van der Waals surface area contributed by atoms with Crippen LogP contribution >= 0.6 is 0 Å². The molecule has 0 saturated heterocycles. The second-order valence-electron chi connectivity index (χ2n) is 5.64. The van der Waals surface area contributed by atoms with E-state index in [0.717, 1.165) is 18.6 Å². The fourth-order valence-corrected chi connectivity index (χ4v) is 3.07. The molecule has 0 bridgehead atoms. The molecule has 0 aliphatic heterocycles. The third kappa shape index (κ3) is 2.88. The molecular formula is C18H21NO2. The van der Waals surface area contributed by atoms with Crippen LogP contribution in [0.1, 0.15) is 42.1 Å². The molecule has 2 unspecified atom stereocenters. The zero-order chi connectivity index (χ0) is 14.8. The van der Waals surface area contributed by atoms with Crippen LogP contribution in [0.5, 0.6) is 11.5 Å². The summed E-state index contributed by atoms with van der Waals surface area (Å²) in [5.41, 5.74) is 3.82. The van der Waals surface area contributed by atoms with Crippen molar-refractivity contribution >= 4 is 0 Å². The van der Waals surface area contributed by atoms with Crippen molar-refractivity contribution in [2.45, 2.75) is 31.8 Å². The predicted octanol–water partition coefficient (Wildman–Crippen LogP) is 3.74. The Balaban J connectivity index is 1.72. The SMILES string of the molecule is COc1ccc(C(C)NC2CCc3cc(O)ccc32)cc1. The summed E-state index contributed by atoms with van der Waals surface area (Å²) in [6, 6.07) is 14.5. The molecule has 0 spiro atoms. The highest BCUT2D eigenvalue weighted by Crippen LogP contribution is 2.35. The molecule has 1 aliphatic rings. The van der Waals surface area contributed by atoms with Crippen LogP contribution in [-0.4, -0.2) is 12.2 Å². The summed E-state index contributed by atoms with van der Waals surface area (Å²) in [5, 5.41) is 13.2. The zero-order valence-electron chi connectivity index (χ0n) is 12.5. The van der Waals surface area contributed by atoms with Gasteiger partial charge in [0, 0.05) is 12.1 Å².